The standard InChI is InChI=1S/C10H10F3NO3S2/c1-18-8-5-3-7(4-6-8)9(10(11,12)13)14-17-19(2,15)16/h3-6H,1-2H3/b14-9-. The van der Waals surface area contributed by atoms with Crippen molar-refractivity contribution >= 4 is 27.6 Å². The normalized spacial score (nSPS) is 13.4. The molecular weight excluding hydrogens is 303 g/mol. The van der Waals surface area contributed by atoms with E-state index in [1.54, 1.807) is 6.26 Å². The molecule has 0 heterocycles. The Morgan fingerprint density at radius 2 is 1.79 bits per heavy atom. The van der Waals surface area contributed by atoms with Crippen molar-refractivity contribution in [2.45, 2.75) is 11.1 Å². The summed E-state index contributed by atoms with van der Waals surface area (Å²) in [7, 11) is -4.09. The minimum Gasteiger partial charge on any atom is -0.268 e. The van der Waals surface area contributed by atoms with Crippen LogP contribution in [0.2, 0.25) is 0 Å². The molecule has 0 bridgehead atoms. The highest BCUT2D eigenvalue weighted by Gasteiger charge is 2.38. The van der Waals surface area contributed by atoms with Gasteiger partial charge < -0.3 is 0 Å². The second-order valence-corrected chi connectivity index (χ2v) is 5.88. The van der Waals surface area contributed by atoms with Crippen LogP contribution in [0.25, 0.3) is 0 Å². The molecule has 4 nitrogen and oxygen atoms in total. The van der Waals surface area contributed by atoms with Crippen LogP contribution in [0.5, 0.6) is 0 Å². The van der Waals surface area contributed by atoms with Crippen LogP contribution < -0.4 is 0 Å². The van der Waals surface area contributed by atoms with Crippen LogP contribution in [0, 0.1) is 0 Å². The summed E-state index contributed by atoms with van der Waals surface area (Å²) in [5.74, 6) is 0. The van der Waals surface area contributed by atoms with E-state index in [0.717, 1.165) is 4.90 Å². The Morgan fingerprint density at radius 3 is 2.16 bits per heavy atom. The lowest BCUT2D eigenvalue weighted by Gasteiger charge is -2.10. The van der Waals surface area contributed by atoms with Gasteiger partial charge in [0.2, 0.25) is 0 Å². The summed E-state index contributed by atoms with van der Waals surface area (Å²) in [4.78, 5) is 0.773. The predicted octanol–water partition coefficient (Wildman–Crippen LogP) is 2.65. The van der Waals surface area contributed by atoms with Crippen LogP contribution in [-0.2, 0) is 14.4 Å². The second kappa shape index (κ2) is 5.83. The Morgan fingerprint density at radius 1 is 1.26 bits per heavy atom. The van der Waals surface area contributed by atoms with Gasteiger partial charge in [-0.25, -0.2) is 0 Å². The second-order valence-electron chi connectivity index (χ2n) is 3.44. The van der Waals surface area contributed by atoms with Crippen molar-refractivity contribution in [2.24, 2.45) is 5.16 Å². The van der Waals surface area contributed by atoms with E-state index < -0.39 is 22.0 Å². The molecule has 106 valence electrons. The zero-order chi connectivity index (χ0) is 14.7. The van der Waals surface area contributed by atoms with Gasteiger partial charge in [-0.2, -0.15) is 21.6 Å². The van der Waals surface area contributed by atoms with Gasteiger partial charge in [0.15, 0.2) is 5.71 Å². The van der Waals surface area contributed by atoms with Crippen LogP contribution >= 0.6 is 11.8 Å². The molecule has 9 heteroatoms. The van der Waals surface area contributed by atoms with E-state index in [-0.39, 0.29) is 5.56 Å². The fourth-order valence-electron chi connectivity index (χ4n) is 1.12. The number of thioether (sulfide) groups is 1. The molecule has 0 spiro atoms. The maximum atomic E-state index is 12.8. The van der Waals surface area contributed by atoms with Gasteiger partial charge in [0.1, 0.15) is 0 Å². The average Bonchev–Trinajstić information content (AvgIpc) is 2.26. The van der Waals surface area contributed by atoms with Gasteiger partial charge in [0.25, 0.3) is 0 Å². The number of hydrogen-bond acceptors (Lipinski definition) is 5. The summed E-state index contributed by atoms with van der Waals surface area (Å²) in [5.41, 5.74) is -1.67. The number of nitrogens with zero attached hydrogens (tertiary/aromatic N) is 1. The molecule has 0 aromatic heterocycles. The van der Waals surface area contributed by atoms with Crippen LogP contribution in [0.3, 0.4) is 0 Å². The molecule has 19 heavy (non-hydrogen) atoms. The van der Waals surface area contributed by atoms with Gasteiger partial charge in [-0.05, 0) is 18.4 Å². The summed E-state index contributed by atoms with van der Waals surface area (Å²) in [6, 6.07) is 5.34. The number of rotatable bonds is 4. The number of benzene rings is 1. The third-order valence-electron chi connectivity index (χ3n) is 1.90. The molecule has 0 fully saturated rings. The molecule has 0 aliphatic heterocycles. The first-order valence-corrected chi connectivity index (χ1v) is 7.86. The SMILES string of the molecule is CSc1ccc(/C(=N/OS(C)(=O)=O)C(F)(F)F)cc1. The molecule has 0 saturated heterocycles. The predicted molar refractivity (Wildman–Crippen MR) is 66.7 cm³/mol. The molecule has 0 aliphatic rings. The third-order valence-corrected chi connectivity index (χ3v) is 2.98. The summed E-state index contributed by atoms with van der Waals surface area (Å²) >= 11 is 1.37. The van der Waals surface area contributed by atoms with E-state index in [2.05, 4.69) is 9.44 Å². The van der Waals surface area contributed by atoms with Gasteiger partial charge >= 0.3 is 16.3 Å². The van der Waals surface area contributed by atoms with Crippen LogP contribution in [0.4, 0.5) is 13.2 Å². The van der Waals surface area contributed by atoms with Crippen molar-refractivity contribution in [2.75, 3.05) is 12.5 Å². The van der Waals surface area contributed by atoms with Crippen LogP contribution in [0.1, 0.15) is 5.56 Å². The van der Waals surface area contributed by atoms with Crippen molar-refractivity contribution < 1.29 is 25.9 Å². The van der Waals surface area contributed by atoms with Crippen LogP contribution in [0.15, 0.2) is 34.3 Å². The Balaban J connectivity index is 3.17. The highest BCUT2D eigenvalue weighted by Crippen LogP contribution is 2.24. The Kier molecular flexibility index (Phi) is 4.86. The molecule has 0 amide bonds. The monoisotopic (exact) mass is 313 g/mol. The lowest BCUT2D eigenvalue weighted by molar-refractivity contribution is -0.0596. The number of hydrogen-bond donors (Lipinski definition) is 0. The Labute approximate surface area is 112 Å². The lowest BCUT2D eigenvalue weighted by Crippen LogP contribution is -2.24. The van der Waals surface area contributed by atoms with Gasteiger partial charge in [0, 0.05) is 10.5 Å². The first kappa shape index (κ1) is 15.8. The van der Waals surface area contributed by atoms with Crippen molar-refractivity contribution in [3.8, 4) is 0 Å². The van der Waals surface area contributed by atoms with Crippen molar-refractivity contribution in [1.29, 1.82) is 0 Å². The number of oxime groups is 1. The maximum Gasteiger partial charge on any atom is 0.437 e. The molecule has 0 atom stereocenters. The summed E-state index contributed by atoms with van der Waals surface area (Å²) in [5, 5.41) is 2.69. The van der Waals surface area contributed by atoms with E-state index in [0.29, 0.717) is 6.26 Å². The highest BCUT2D eigenvalue weighted by molar-refractivity contribution is 7.98. The average molecular weight is 313 g/mol. The first-order valence-electron chi connectivity index (χ1n) is 4.82. The number of halogens is 3. The van der Waals surface area contributed by atoms with E-state index in [4.69, 9.17) is 0 Å². The third kappa shape index (κ3) is 5.11. The lowest BCUT2D eigenvalue weighted by atomic mass is 10.1. The van der Waals surface area contributed by atoms with Crippen LogP contribution in [-0.4, -0.2) is 32.8 Å². The molecule has 1 aromatic rings. The number of alkyl halides is 3. The Bertz CT molecular complexity index is 565. The summed E-state index contributed by atoms with van der Waals surface area (Å²) in [6.07, 6.45) is -2.42. The molecule has 0 unspecified atom stereocenters. The van der Waals surface area contributed by atoms with E-state index in [1.807, 2.05) is 0 Å². The summed E-state index contributed by atoms with van der Waals surface area (Å²) < 4.78 is 63.5. The smallest absolute Gasteiger partial charge is 0.268 e. The van der Waals surface area contributed by atoms with Crippen molar-refractivity contribution in [3.63, 3.8) is 0 Å². The molecule has 0 N–H and O–H groups in total. The minimum atomic E-state index is -4.81. The van der Waals surface area contributed by atoms with Gasteiger partial charge in [-0.15, -0.1) is 11.8 Å². The molecule has 1 rings (SSSR count). The quantitative estimate of drug-likeness (QED) is 0.487. The van der Waals surface area contributed by atoms with E-state index in [9.17, 15) is 21.6 Å². The zero-order valence-corrected chi connectivity index (χ0v) is 11.6. The molecule has 0 saturated carbocycles. The zero-order valence-electron chi connectivity index (χ0n) is 9.93. The van der Waals surface area contributed by atoms with E-state index >= 15 is 0 Å². The maximum absolute atomic E-state index is 12.8. The van der Waals surface area contributed by atoms with Crippen molar-refractivity contribution in [1.82, 2.24) is 0 Å². The highest BCUT2D eigenvalue weighted by atomic mass is 32.2. The minimum absolute atomic E-state index is 0.269. The van der Waals surface area contributed by atoms with Gasteiger partial charge in [0.05, 0.1) is 6.26 Å². The van der Waals surface area contributed by atoms with Gasteiger partial charge in [-0.1, -0.05) is 17.3 Å². The molecule has 0 aliphatic carbocycles. The molecular formula is C10H10F3NO3S2. The van der Waals surface area contributed by atoms with Crippen molar-refractivity contribution in [3.05, 3.63) is 29.8 Å². The molecule has 0 radical (unpaired) electrons. The fraction of sp³-hybridized carbons (Fsp3) is 0.300. The van der Waals surface area contributed by atoms with E-state index in [1.165, 1.54) is 36.0 Å². The molecule has 1 aromatic carbocycles. The largest absolute Gasteiger partial charge is 0.437 e. The van der Waals surface area contributed by atoms with Gasteiger partial charge in [-0.3, -0.25) is 4.28 Å². The first-order chi connectivity index (χ1) is 8.63. The summed E-state index contributed by atoms with van der Waals surface area (Å²) in [6.45, 7) is 0. The Hall–Kier alpha value is -1.22. The topological polar surface area (TPSA) is 55.7 Å². The fourth-order valence-corrected chi connectivity index (χ4v) is 1.74.